The van der Waals surface area contributed by atoms with Crippen molar-refractivity contribution >= 4 is 5.78 Å². The first-order chi connectivity index (χ1) is 8.29. The van der Waals surface area contributed by atoms with Gasteiger partial charge in [-0.1, -0.05) is 19.3 Å². The number of rotatable bonds is 1. The van der Waals surface area contributed by atoms with E-state index in [-0.39, 0.29) is 5.41 Å². The Bertz CT molecular complexity index is 312. The molecule has 3 rings (SSSR count). The van der Waals surface area contributed by atoms with Gasteiger partial charge in [0.05, 0.1) is 6.10 Å². The normalized spacial score (nSPS) is 46.2. The van der Waals surface area contributed by atoms with Crippen LogP contribution in [-0.2, 0) is 9.53 Å². The Kier molecular flexibility index (Phi) is 3.02. The predicted molar refractivity (Wildman–Crippen MR) is 66.8 cm³/mol. The van der Waals surface area contributed by atoms with Crippen LogP contribution in [0.15, 0.2) is 0 Å². The van der Waals surface area contributed by atoms with E-state index in [1.807, 2.05) is 7.11 Å². The molecule has 2 heteroatoms. The Hall–Kier alpha value is -0.370. The van der Waals surface area contributed by atoms with Crippen molar-refractivity contribution in [2.75, 3.05) is 7.11 Å². The van der Waals surface area contributed by atoms with Crippen LogP contribution < -0.4 is 0 Å². The van der Waals surface area contributed by atoms with Crippen LogP contribution in [0.4, 0.5) is 0 Å². The summed E-state index contributed by atoms with van der Waals surface area (Å²) in [6, 6.07) is 0. The van der Waals surface area contributed by atoms with Gasteiger partial charge in [-0.3, -0.25) is 4.79 Å². The molecule has 96 valence electrons. The average Bonchev–Trinajstić information content (AvgIpc) is 2.86. The van der Waals surface area contributed by atoms with Gasteiger partial charge in [0.2, 0.25) is 0 Å². The van der Waals surface area contributed by atoms with Gasteiger partial charge in [0, 0.05) is 18.9 Å². The third-order valence-corrected chi connectivity index (χ3v) is 5.74. The Balaban J connectivity index is 1.95. The van der Waals surface area contributed by atoms with Gasteiger partial charge in [0.15, 0.2) is 0 Å². The lowest BCUT2D eigenvalue weighted by molar-refractivity contribution is -0.134. The van der Waals surface area contributed by atoms with Gasteiger partial charge < -0.3 is 4.74 Å². The second kappa shape index (κ2) is 4.38. The van der Waals surface area contributed by atoms with Crippen LogP contribution in [0.2, 0.25) is 0 Å². The molecule has 3 aliphatic carbocycles. The molecule has 0 aromatic rings. The molecule has 0 saturated heterocycles. The van der Waals surface area contributed by atoms with Crippen LogP contribution in [-0.4, -0.2) is 19.0 Å². The maximum Gasteiger partial charge on any atom is 0.139 e. The minimum absolute atomic E-state index is 0.0428. The maximum absolute atomic E-state index is 12.7. The number of hydrogen-bond acceptors (Lipinski definition) is 2. The minimum Gasteiger partial charge on any atom is -0.381 e. The van der Waals surface area contributed by atoms with Gasteiger partial charge in [0.25, 0.3) is 0 Å². The molecular weight excluding hydrogens is 212 g/mol. The summed E-state index contributed by atoms with van der Waals surface area (Å²) in [7, 11) is 1.83. The second-order valence-corrected chi connectivity index (χ2v) is 6.27. The van der Waals surface area contributed by atoms with Gasteiger partial charge in [-0.2, -0.15) is 0 Å². The van der Waals surface area contributed by atoms with E-state index in [1.165, 1.54) is 32.1 Å². The molecule has 17 heavy (non-hydrogen) atoms. The number of methoxy groups -OCH3 is 1. The van der Waals surface area contributed by atoms with E-state index in [0.29, 0.717) is 23.7 Å². The van der Waals surface area contributed by atoms with Crippen molar-refractivity contribution in [3.63, 3.8) is 0 Å². The van der Waals surface area contributed by atoms with Crippen LogP contribution in [0.1, 0.15) is 57.8 Å². The van der Waals surface area contributed by atoms with Gasteiger partial charge in [-0.15, -0.1) is 0 Å². The van der Waals surface area contributed by atoms with Crippen molar-refractivity contribution in [3.05, 3.63) is 0 Å². The standard InChI is InChI=1S/C15H24O2/c1-17-13-10-11-6-3-2-4-8-14(16)15(11)9-5-7-12(13)15/h11-13H,2-10H2,1H3/t11-,12-,13?,15-/m1/s1. The summed E-state index contributed by atoms with van der Waals surface area (Å²) in [4.78, 5) is 12.7. The summed E-state index contributed by atoms with van der Waals surface area (Å²) in [5, 5.41) is 0. The molecule has 0 aliphatic heterocycles. The maximum atomic E-state index is 12.7. The van der Waals surface area contributed by atoms with Crippen molar-refractivity contribution < 1.29 is 9.53 Å². The molecule has 0 bridgehead atoms. The third kappa shape index (κ3) is 1.60. The van der Waals surface area contributed by atoms with E-state index in [4.69, 9.17) is 4.74 Å². The van der Waals surface area contributed by atoms with Gasteiger partial charge in [-0.25, -0.2) is 0 Å². The van der Waals surface area contributed by atoms with Crippen LogP contribution in [0.25, 0.3) is 0 Å². The summed E-state index contributed by atoms with van der Waals surface area (Å²) in [6.07, 6.45) is 10.9. The topological polar surface area (TPSA) is 26.3 Å². The molecule has 1 unspecified atom stereocenters. The van der Waals surface area contributed by atoms with E-state index < -0.39 is 0 Å². The summed E-state index contributed by atoms with van der Waals surface area (Å²) < 4.78 is 5.69. The second-order valence-electron chi connectivity index (χ2n) is 6.27. The zero-order valence-corrected chi connectivity index (χ0v) is 10.9. The largest absolute Gasteiger partial charge is 0.381 e. The zero-order chi connectivity index (χ0) is 11.9. The lowest BCUT2D eigenvalue weighted by Gasteiger charge is -2.36. The highest BCUT2D eigenvalue weighted by Crippen LogP contribution is 2.61. The van der Waals surface area contributed by atoms with Crippen LogP contribution in [0, 0.1) is 17.3 Å². The molecular formula is C15H24O2. The predicted octanol–water partition coefficient (Wildman–Crippen LogP) is 3.34. The molecule has 0 amide bonds. The van der Waals surface area contributed by atoms with Gasteiger partial charge in [0.1, 0.15) is 5.78 Å². The first-order valence-electron chi connectivity index (χ1n) is 7.35. The Morgan fingerprint density at radius 3 is 2.88 bits per heavy atom. The van der Waals surface area contributed by atoms with E-state index in [0.717, 1.165) is 25.7 Å². The molecule has 2 nitrogen and oxygen atoms in total. The molecule has 4 atom stereocenters. The number of carbonyl (C=O) groups excluding carboxylic acids is 1. The molecule has 0 heterocycles. The molecule has 0 radical (unpaired) electrons. The van der Waals surface area contributed by atoms with E-state index in [9.17, 15) is 4.79 Å². The molecule has 3 fully saturated rings. The average molecular weight is 236 g/mol. The molecule has 0 aromatic carbocycles. The summed E-state index contributed by atoms with van der Waals surface area (Å²) in [5.41, 5.74) is 0.0428. The van der Waals surface area contributed by atoms with Crippen molar-refractivity contribution in [3.8, 4) is 0 Å². The van der Waals surface area contributed by atoms with Gasteiger partial charge >= 0.3 is 0 Å². The van der Waals surface area contributed by atoms with E-state index in [2.05, 4.69) is 0 Å². The quantitative estimate of drug-likeness (QED) is 0.698. The van der Waals surface area contributed by atoms with Crippen LogP contribution in [0.3, 0.4) is 0 Å². The van der Waals surface area contributed by atoms with Gasteiger partial charge in [-0.05, 0) is 43.9 Å². The minimum atomic E-state index is 0.0428. The molecule has 3 aliphatic rings. The summed E-state index contributed by atoms with van der Waals surface area (Å²) in [6.45, 7) is 0. The smallest absolute Gasteiger partial charge is 0.139 e. The van der Waals surface area contributed by atoms with E-state index in [1.54, 1.807) is 0 Å². The first-order valence-corrected chi connectivity index (χ1v) is 7.35. The Labute approximate surface area is 104 Å². The summed E-state index contributed by atoms with van der Waals surface area (Å²) >= 11 is 0. The lowest BCUT2D eigenvalue weighted by Crippen LogP contribution is -2.39. The van der Waals surface area contributed by atoms with Crippen molar-refractivity contribution in [2.24, 2.45) is 17.3 Å². The van der Waals surface area contributed by atoms with Crippen molar-refractivity contribution in [1.29, 1.82) is 0 Å². The molecule has 3 saturated carbocycles. The Morgan fingerprint density at radius 2 is 2.06 bits per heavy atom. The highest BCUT2D eigenvalue weighted by Gasteiger charge is 2.60. The number of ether oxygens (including phenoxy) is 1. The molecule has 0 aromatic heterocycles. The SMILES string of the molecule is COC1C[C@H]2CCCCCC(=O)[C@]23CCC[C@H]13. The van der Waals surface area contributed by atoms with Crippen LogP contribution in [0.5, 0.6) is 0 Å². The number of Topliss-reactive ketones (excluding diaryl/α,β-unsaturated/α-hetero) is 1. The lowest BCUT2D eigenvalue weighted by atomic mass is 9.66. The highest BCUT2D eigenvalue weighted by molar-refractivity contribution is 5.86. The van der Waals surface area contributed by atoms with E-state index >= 15 is 0 Å². The molecule has 0 N–H and O–H groups in total. The van der Waals surface area contributed by atoms with Crippen molar-refractivity contribution in [2.45, 2.75) is 63.9 Å². The number of carbonyl (C=O) groups is 1. The molecule has 1 spiro atoms. The number of hydrogen-bond donors (Lipinski definition) is 0. The fourth-order valence-corrected chi connectivity index (χ4v) is 5.03. The third-order valence-electron chi connectivity index (χ3n) is 5.74. The number of ketones is 1. The Morgan fingerprint density at radius 1 is 1.18 bits per heavy atom. The fourth-order valence-electron chi connectivity index (χ4n) is 5.03. The zero-order valence-electron chi connectivity index (χ0n) is 10.9. The summed E-state index contributed by atoms with van der Waals surface area (Å²) in [5.74, 6) is 1.76. The highest BCUT2D eigenvalue weighted by atomic mass is 16.5. The fraction of sp³-hybridized carbons (Fsp3) is 0.933. The first kappa shape index (κ1) is 11.7. The van der Waals surface area contributed by atoms with Crippen molar-refractivity contribution in [1.82, 2.24) is 0 Å². The monoisotopic (exact) mass is 236 g/mol. The van der Waals surface area contributed by atoms with Crippen LogP contribution >= 0.6 is 0 Å².